The molecule has 28 heavy (non-hydrogen) atoms. The van der Waals surface area contributed by atoms with Gasteiger partial charge in [-0.25, -0.2) is 0 Å². The lowest BCUT2D eigenvalue weighted by Crippen LogP contribution is -1.99. The molecule has 12 nitrogen and oxygen atoms in total. The van der Waals surface area contributed by atoms with E-state index in [9.17, 15) is 30.3 Å². The molecule has 2 aromatic carbocycles. The van der Waals surface area contributed by atoms with Gasteiger partial charge in [0, 0.05) is 23.4 Å². The number of non-ortho nitro benzene ring substituents is 1. The molecule has 0 saturated heterocycles. The Hall–Kier alpha value is -3.58. The number of benzene rings is 2. The Bertz CT molecular complexity index is 950. The highest BCUT2D eigenvalue weighted by Crippen LogP contribution is 2.30. The maximum Gasteiger partial charge on any atom is 0.301 e. The van der Waals surface area contributed by atoms with E-state index in [-0.39, 0.29) is 18.0 Å². The zero-order valence-electron chi connectivity index (χ0n) is 14.0. The van der Waals surface area contributed by atoms with Crippen molar-refractivity contribution in [3.63, 3.8) is 0 Å². The molecular formula is C15H13N5O7S. The highest BCUT2D eigenvalue weighted by molar-refractivity contribution is 7.99. The first kappa shape index (κ1) is 20.7. The number of thioether (sulfide) groups is 1. The van der Waals surface area contributed by atoms with Gasteiger partial charge in [-0.1, -0.05) is 6.07 Å². The summed E-state index contributed by atoms with van der Waals surface area (Å²) in [6, 6.07) is 7.37. The molecule has 2 N–H and O–H groups in total. The van der Waals surface area contributed by atoms with Crippen LogP contribution in [0.4, 0.5) is 22.7 Å². The Morgan fingerprint density at radius 2 is 1.71 bits per heavy atom. The zero-order valence-corrected chi connectivity index (χ0v) is 14.9. The molecule has 0 heterocycles. The summed E-state index contributed by atoms with van der Waals surface area (Å²) in [5.41, 5.74) is 1.55. The van der Waals surface area contributed by atoms with Gasteiger partial charge in [-0.3, -0.25) is 35.8 Å². The Morgan fingerprint density at radius 1 is 1.00 bits per heavy atom. The molecule has 0 aliphatic heterocycles. The second kappa shape index (κ2) is 9.38. The van der Waals surface area contributed by atoms with Crippen LogP contribution in [0.2, 0.25) is 0 Å². The summed E-state index contributed by atoms with van der Waals surface area (Å²) in [4.78, 5) is 31.3. The number of rotatable bonds is 9. The van der Waals surface area contributed by atoms with Gasteiger partial charge in [-0.2, -0.15) is 5.10 Å². The lowest BCUT2D eigenvalue weighted by molar-refractivity contribution is -0.393. The van der Waals surface area contributed by atoms with E-state index in [1.54, 1.807) is 6.07 Å². The second-order valence-electron chi connectivity index (χ2n) is 5.14. The summed E-state index contributed by atoms with van der Waals surface area (Å²) in [5, 5.41) is 45.6. The Morgan fingerprint density at radius 3 is 2.32 bits per heavy atom. The minimum absolute atomic E-state index is 0.0727. The van der Waals surface area contributed by atoms with Crippen molar-refractivity contribution >= 4 is 40.7 Å². The molecule has 0 spiro atoms. The van der Waals surface area contributed by atoms with Gasteiger partial charge in [-0.15, -0.1) is 11.8 Å². The van der Waals surface area contributed by atoms with Crippen LogP contribution in [0.15, 0.2) is 46.4 Å². The van der Waals surface area contributed by atoms with Gasteiger partial charge >= 0.3 is 5.69 Å². The molecule has 0 unspecified atom stereocenters. The molecule has 2 aromatic rings. The monoisotopic (exact) mass is 407 g/mol. The van der Waals surface area contributed by atoms with E-state index in [0.717, 1.165) is 30.0 Å². The van der Waals surface area contributed by atoms with Crippen molar-refractivity contribution in [2.75, 3.05) is 17.8 Å². The molecule has 13 heteroatoms. The van der Waals surface area contributed by atoms with Crippen LogP contribution in [0.1, 0.15) is 5.56 Å². The normalized spacial score (nSPS) is 10.8. The molecule has 0 aliphatic carbocycles. The van der Waals surface area contributed by atoms with E-state index in [4.69, 9.17) is 5.11 Å². The van der Waals surface area contributed by atoms with Crippen molar-refractivity contribution in [1.29, 1.82) is 0 Å². The van der Waals surface area contributed by atoms with Crippen LogP contribution >= 0.6 is 11.8 Å². The number of nitro benzene ring substituents is 3. The van der Waals surface area contributed by atoms with Gasteiger partial charge < -0.3 is 5.11 Å². The van der Waals surface area contributed by atoms with E-state index in [1.807, 2.05) is 0 Å². The number of hydrogen-bond donors (Lipinski definition) is 2. The lowest BCUT2D eigenvalue weighted by Gasteiger charge is -2.04. The highest BCUT2D eigenvalue weighted by atomic mass is 32.2. The smallest absolute Gasteiger partial charge is 0.301 e. The predicted octanol–water partition coefficient (Wildman–Crippen LogP) is 2.94. The first-order valence-corrected chi connectivity index (χ1v) is 8.56. The van der Waals surface area contributed by atoms with Crippen LogP contribution in [0.25, 0.3) is 0 Å². The molecule has 0 saturated carbocycles. The quantitative estimate of drug-likeness (QED) is 0.274. The molecule has 0 amide bonds. The number of aliphatic hydroxyl groups is 1. The molecule has 0 aromatic heterocycles. The first-order valence-electron chi connectivity index (χ1n) is 7.57. The maximum absolute atomic E-state index is 11.2. The number of nitrogens with zero attached hydrogens (tertiary/aromatic N) is 4. The fourth-order valence-electron chi connectivity index (χ4n) is 2.09. The van der Waals surface area contributed by atoms with Gasteiger partial charge in [-0.05, 0) is 12.1 Å². The summed E-state index contributed by atoms with van der Waals surface area (Å²) in [5.74, 6) is 0.305. The minimum atomic E-state index is -0.789. The van der Waals surface area contributed by atoms with Crippen molar-refractivity contribution in [1.82, 2.24) is 0 Å². The van der Waals surface area contributed by atoms with Gasteiger partial charge in [0.15, 0.2) is 0 Å². The maximum atomic E-state index is 11.2. The molecule has 2 rings (SSSR count). The average Bonchev–Trinajstić information content (AvgIpc) is 2.66. The van der Waals surface area contributed by atoms with Gasteiger partial charge in [0.2, 0.25) is 0 Å². The third-order valence-electron chi connectivity index (χ3n) is 3.32. The Kier molecular flexibility index (Phi) is 6.95. The second-order valence-corrected chi connectivity index (χ2v) is 6.28. The average molecular weight is 407 g/mol. The summed E-state index contributed by atoms with van der Waals surface area (Å²) < 4.78 is 0. The van der Waals surface area contributed by atoms with Gasteiger partial charge in [0.1, 0.15) is 5.69 Å². The molecule has 0 fully saturated rings. The van der Waals surface area contributed by atoms with Crippen LogP contribution in [0.5, 0.6) is 0 Å². The molecule has 0 bridgehead atoms. The molecule has 146 valence electrons. The van der Waals surface area contributed by atoms with Gasteiger partial charge in [0.05, 0.1) is 38.6 Å². The Balaban J connectivity index is 2.23. The molecule has 0 aliphatic rings. The fourth-order valence-corrected chi connectivity index (χ4v) is 2.85. The molecule has 0 radical (unpaired) electrons. The van der Waals surface area contributed by atoms with Crippen molar-refractivity contribution in [3.05, 3.63) is 72.3 Å². The molecular weight excluding hydrogens is 394 g/mol. The van der Waals surface area contributed by atoms with E-state index >= 15 is 0 Å². The van der Waals surface area contributed by atoms with Crippen LogP contribution < -0.4 is 5.43 Å². The van der Waals surface area contributed by atoms with Crippen molar-refractivity contribution in [3.8, 4) is 0 Å². The SMILES string of the molecule is O=[N+]([O-])c1ccc(N/N=C/c2ccc(SCCO)c([N+](=O)[O-])c2)c([N+](=O)[O-])c1. The Labute approximate surface area is 161 Å². The number of anilines is 1. The lowest BCUT2D eigenvalue weighted by atomic mass is 10.2. The topological polar surface area (TPSA) is 174 Å². The minimum Gasteiger partial charge on any atom is -0.396 e. The number of hydrogen-bond acceptors (Lipinski definition) is 10. The molecule has 0 atom stereocenters. The fraction of sp³-hybridized carbons (Fsp3) is 0.133. The summed E-state index contributed by atoms with van der Waals surface area (Å²) >= 11 is 1.13. The summed E-state index contributed by atoms with van der Waals surface area (Å²) in [7, 11) is 0. The summed E-state index contributed by atoms with van der Waals surface area (Å²) in [6.07, 6.45) is 1.22. The largest absolute Gasteiger partial charge is 0.396 e. The van der Waals surface area contributed by atoms with Crippen LogP contribution in [-0.4, -0.2) is 38.5 Å². The van der Waals surface area contributed by atoms with Crippen molar-refractivity contribution in [2.45, 2.75) is 4.90 Å². The van der Waals surface area contributed by atoms with Crippen LogP contribution in [0, 0.1) is 30.3 Å². The first-order chi connectivity index (χ1) is 13.3. The standard InChI is InChI=1S/C15H13N5O7S/c21-5-6-28-15-4-1-10(7-14(15)20(26)27)9-16-17-12-3-2-11(18(22)23)8-13(12)19(24)25/h1-4,7-9,17,21H,5-6H2/b16-9+. The van der Waals surface area contributed by atoms with Gasteiger partial charge in [0.25, 0.3) is 11.4 Å². The van der Waals surface area contributed by atoms with E-state index in [1.165, 1.54) is 18.3 Å². The summed E-state index contributed by atoms with van der Waals surface area (Å²) in [6.45, 7) is -0.122. The number of nitro groups is 3. The number of aliphatic hydroxyl groups excluding tert-OH is 1. The van der Waals surface area contributed by atoms with Crippen molar-refractivity contribution < 1.29 is 19.9 Å². The van der Waals surface area contributed by atoms with Crippen molar-refractivity contribution in [2.24, 2.45) is 5.10 Å². The third-order valence-corrected chi connectivity index (χ3v) is 4.36. The number of hydrazone groups is 1. The van der Waals surface area contributed by atoms with E-state index in [2.05, 4.69) is 10.5 Å². The van der Waals surface area contributed by atoms with E-state index < -0.39 is 26.1 Å². The number of nitrogens with one attached hydrogen (secondary N) is 1. The predicted molar refractivity (Wildman–Crippen MR) is 102 cm³/mol. The van der Waals surface area contributed by atoms with Crippen LogP contribution in [-0.2, 0) is 0 Å². The van der Waals surface area contributed by atoms with E-state index in [0.29, 0.717) is 16.2 Å². The third kappa shape index (κ3) is 5.21. The highest BCUT2D eigenvalue weighted by Gasteiger charge is 2.19. The van der Waals surface area contributed by atoms with Crippen LogP contribution in [0.3, 0.4) is 0 Å². The zero-order chi connectivity index (χ0) is 20.7.